The molecule has 1 amide bonds. The third-order valence-electron chi connectivity index (χ3n) is 2.78. The normalized spacial score (nSPS) is 10.4. The van der Waals surface area contributed by atoms with Crippen LogP contribution in [-0.4, -0.2) is 23.2 Å². The largest absolute Gasteiger partial charge is 0.355 e. The molecule has 6 heteroatoms. The Labute approximate surface area is 125 Å². The van der Waals surface area contributed by atoms with Crippen molar-refractivity contribution >= 4 is 17.7 Å². The average Bonchev–Trinajstić information content (AvgIpc) is 2.49. The lowest BCUT2D eigenvalue weighted by molar-refractivity contribution is -0.118. The maximum Gasteiger partial charge on any atom is 0.230 e. The van der Waals surface area contributed by atoms with E-state index in [0.717, 1.165) is 4.90 Å². The smallest absolute Gasteiger partial charge is 0.230 e. The third kappa shape index (κ3) is 4.82. The van der Waals surface area contributed by atoms with Crippen molar-refractivity contribution in [1.82, 2.24) is 10.3 Å². The third-order valence-corrected chi connectivity index (χ3v) is 3.79. The zero-order valence-electron chi connectivity index (χ0n) is 11.2. The second-order valence-electron chi connectivity index (χ2n) is 4.27. The first kappa shape index (κ1) is 15.4. The number of carbonyl (C=O) groups is 1. The van der Waals surface area contributed by atoms with Crippen LogP contribution < -0.4 is 5.32 Å². The van der Waals surface area contributed by atoms with Crippen molar-refractivity contribution in [2.24, 2.45) is 0 Å². The van der Waals surface area contributed by atoms with E-state index >= 15 is 0 Å². The van der Waals surface area contributed by atoms with Gasteiger partial charge >= 0.3 is 0 Å². The highest BCUT2D eigenvalue weighted by Crippen LogP contribution is 2.15. The van der Waals surface area contributed by atoms with E-state index in [9.17, 15) is 13.6 Å². The maximum absolute atomic E-state index is 13.4. The molecule has 1 aromatic heterocycles. The second kappa shape index (κ2) is 7.73. The molecule has 21 heavy (non-hydrogen) atoms. The summed E-state index contributed by atoms with van der Waals surface area (Å²) < 4.78 is 26.8. The van der Waals surface area contributed by atoms with Crippen molar-refractivity contribution in [3.8, 4) is 0 Å². The van der Waals surface area contributed by atoms with Crippen molar-refractivity contribution in [3.63, 3.8) is 0 Å². The van der Waals surface area contributed by atoms with E-state index < -0.39 is 11.6 Å². The fourth-order valence-electron chi connectivity index (χ4n) is 1.73. The Balaban J connectivity index is 1.75. The zero-order chi connectivity index (χ0) is 15.1. The van der Waals surface area contributed by atoms with Gasteiger partial charge in [0.05, 0.1) is 5.75 Å². The summed E-state index contributed by atoms with van der Waals surface area (Å²) in [6.45, 7) is 0.202. The molecule has 0 aliphatic carbocycles. The fraction of sp³-hybridized carbons (Fsp3) is 0.200. The first-order chi connectivity index (χ1) is 10.2. The van der Waals surface area contributed by atoms with E-state index in [0.29, 0.717) is 0 Å². The molecule has 0 aliphatic heterocycles. The number of rotatable bonds is 6. The van der Waals surface area contributed by atoms with Crippen molar-refractivity contribution in [2.45, 2.75) is 11.3 Å². The standard InChI is InChI=1S/C15H14F2N2OS/c16-13-2-1-3-14(17)12(13)6-9-19-15(20)10-21-11-4-7-18-8-5-11/h1-5,7-8H,6,9-10H2,(H,19,20). The molecule has 1 heterocycles. The highest BCUT2D eigenvalue weighted by atomic mass is 32.2. The Kier molecular flexibility index (Phi) is 5.68. The van der Waals surface area contributed by atoms with E-state index in [1.165, 1.54) is 30.0 Å². The number of carbonyl (C=O) groups excluding carboxylic acids is 1. The fourth-order valence-corrected chi connectivity index (χ4v) is 2.45. The number of hydrogen-bond donors (Lipinski definition) is 1. The molecule has 0 saturated carbocycles. The van der Waals surface area contributed by atoms with Crippen LogP contribution in [0.25, 0.3) is 0 Å². The minimum absolute atomic E-state index is 0.000383. The monoisotopic (exact) mass is 308 g/mol. The number of benzene rings is 1. The molecule has 0 aliphatic rings. The van der Waals surface area contributed by atoms with Gasteiger partial charge in [-0.2, -0.15) is 0 Å². The molecular formula is C15H14F2N2OS. The van der Waals surface area contributed by atoms with Gasteiger partial charge in [0.15, 0.2) is 0 Å². The molecule has 1 N–H and O–H groups in total. The van der Waals surface area contributed by atoms with Crippen LogP contribution >= 0.6 is 11.8 Å². The minimum atomic E-state index is -0.588. The minimum Gasteiger partial charge on any atom is -0.355 e. The summed E-state index contributed by atoms with van der Waals surface area (Å²) in [5, 5.41) is 2.65. The molecule has 0 spiro atoms. The van der Waals surface area contributed by atoms with Gasteiger partial charge in [0.2, 0.25) is 5.91 Å². The van der Waals surface area contributed by atoms with Gasteiger partial charge in [-0.25, -0.2) is 8.78 Å². The Morgan fingerprint density at radius 1 is 1.14 bits per heavy atom. The molecule has 0 radical (unpaired) electrons. The lowest BCUT2D eigenvalue weighted by Crippen LogP contribution is -2.27. The van der Waals surface area contributed by atoms with Gasteiger partial charge in [-0.1, -0.05) is 6.07 Å². The predicted octanol–water partition coefficient (Wildman–Crippen LogP) is 2.81. The molecule has 0 bridgehead atoms. The van der Waals surface area contributed by atoms with E-state index in [1.807, 2.05) is 12.1 Å². The van der Waals surface area contributed by atoms with Crippen LogP contribution in [0.15, 0.2) is 47.6 Å². The van der Waals surface area contributed by atoms with Gasteiger partial charge < -0.3 is 5.32 Å². The highest BCUT2D eigenvalue weighted by Gasteiger charge is 2.09. The van der Waals surface area contributed by atoms with Crippen molar-refractivity contribution in [2.75, 3.05) is 12.3 Å². The molecule has 0 atom stereocenters. The molecule has 3 nitrogen and oxygen atoms in total. The molecule has 0 saturated heterocycles. The first-order valence-electron chi connectivity index (χ1n) is 6.39. The number of thioether (sulfide) groups is 1. The van der Waals surface area contributed by atoms with Gasteiger partial charge in [-0.05, 0) is 30.7 Å². The number of nitrogens with one attached hydrogen (secondary N) is 1. The Bertz CT molecular complexity index is 588. The summed E-state index contributed by atoms with van der Waals surface area (Å²) in [6, 6.07) is 7.36. The zero-order valence-corrected chi connectivity index (χ0v) is 12.0. The predicted molar refractivity (Wildman–Crippen MR) is 78.0 cm³/mol. The molecule has 2 rings (SSSR count). The van der Waals surface area contributed by atoms with Crippen LogP contribution in [-0.2, 0) is 11.2 Å². The summed E-state index contributed by atoms with van der Waals surface area (Å²) in [4.78, 5) is 16.5. The van der Waals surface area contributed by atoms with Crippen molar-refractivity contribution in [1.29, 1.82) is 0 Å². The molecule has 0 fully saturated rings. The number of nitrogens with zero attached hydrogens (tertiary/aromatic N) is 1. The van der Waals surface area contributed by atoms with Gasteiger partial charge in [0.25, 0.3) is 0 Å². The molecule has 0 unspecified atom stereocenters. The Morgan fingerprint density at radius 2 is 1.81 bits per heavy atom. The Morgan fingerprint density at radius 3 is 2.48 bits per heavy atom. The van der Waals surface area contributed by atoms with E-state index in [2.05, 4.69) is 10.3 Å². The number of amides is 1. The van der Waals surface area contributed by atoms with E-state index in [-0.39, 0.29) is 30.2 Å². The maximum atomic E-state index is 13.4. The average molecular weight is 308 g/mol. The number of pyridine rings is 1. The van der Waals surface area contributed by atoms with Crippen molar-refractivity contribution < 1.29 is 13.6 Å². The number of halogens is 2. The van der Waals surface area contributed by atoms with Crippen LogP contribution in [0.2, 0.25) is 0 Å². The summed E-state index contributed by atoms with van der Waals surface area (Å²) in [5.74, 6) is -1.09. The number of hydrogen-bond acceptors (Lipinski definition) is 3. The van der Waals surface area contributed by atoms with Crippen LogP contribution in [0.1, 0.15) is 5.56 Å². The van der Waals surface area contributed by atoms with Gasteiger partial charge in [0.1, 0.15) is 11.6 Å². The molecule has 110 valence electrons. The summed E-state index contributed by atoms with van der Waals surface area (Å²) in [5.41, 5.74) is -0.000383. The van der Waals surface area contributed by atoms with E-state index in [4.69, 9.17) is 0 Å². The summed E-state index contributed by atoms with van der Waals surface area (Å²) in [6.07, 6.45) is 3.44. The van der Waals surface area contributed by atoms with Crippen LogP contribution in [0.4, 0.5) is 8.78 Å². The van der Waals surface area contributed by atoms with Crippen molar-refractivity contribution in [3.05, 3.63) is 59.9 Å². The van der Waals surface area contributed by atoms with Crippen LogP contribution in [0, 0.1) is 11.6 Å². The topological polar surface area (TPSA) is 42.0 Å². The molecular weight excluding hydrogens is 294 g/mol. The molecule has 2 aromatic rings. The number of aromatic nitrogens is 1. The highest BCUT2D eigenvalue weighted by molar-refractivity contribution is 8.00. The summed E-state index contributed by atoms with van der Waals surface area (Å²) >= 11 is 1.38. The first-order valence-corrected chi connectivity index (χ1v) is 7.38. The van der Waals surface area contributed by atoms with Crippen LogP contribution in [0.3, 0.4) is 0 Å². The van der Waals surface area contributed by atoms with Gasteiger partial charge in [0, 0.05) is 29.4 Å². The summed E-state index contributed by atoms with van der Waals surface area (Å²) in [7, 11) is 0. The van der Waals surface area contributed by atoms with Crippen LogP contribution in [0.5, 0.6) is 0 Å². The van der Waals surface area contributed by atoms with E-state index in [1.54, 1.807) is 12.4 Å². The Hall–Kier alpha value is -1.95. The second-order valence-corrected chi connectivity index (χ2v) is 5.32. The lowest BCUT2D eigenvalue weighted by atomic mass is 10.1. The molecule has 1 aromatic carbocycles. The quantitative estimate of drug-likeness (QED) is 0.834. The van der Waals surface area contributed by atoms with Gasteiger partial charge in [-0.3, -0.25) is 9.78 Å². The lowest BCUT2D eigenvalue weighted by Gasteiger charge is -2.07. The SMILES string of the molecule is O=C(CSc1ccncc1)NCCc1c(F)cccc1F. The van der Waals surface area contributed by atoms with Gasteiger partial charge in [-0.15, -0.1) is 11.8 Å².